The fourth-order valence-electron chi connectivity index (χ4n) is 2.67. The van der Waals surface area contributed by atoms with Gasteiger partial charge in [0.25, 0.3) is 0 Å². The first-order valence-corrected chi connectivity index (χ1v) is 10.6. The molecule has 0 aliphatic carbocycles. The second kappa shape index (κ2) is 6.61. The van der Waals surface area contributed by atoms with Gasteiger partial charge in [-0.1, -0.05) is 36.4 Å². The minimum absolute atomic E-state index is 0.0938. The molecule has 0 spiro atoms. The summed E-state index contributed by atoms with van der Waals surface area (Å²) in [4.78, 5) is 0. The lowest BCUT2D eigenvalue weighted by Crippen LogP contribution is -2.40. The van der Waals surface area contributed by atoms with E-state index in [-0.39, 0.29) is 13.1 Å². The van der Waals surface area contributed by atoms with Crippen molar-refractivity contribution in [2.45, 2.75) is 5.51 Å². The maximum atomic E-state index is 13.6. The van der Waals surface area contributed by atoms with Crippen molar-refractivity contribution in [3.8, 4) is 0 Å². The molecule has 2 aromatic carbocycles. The molecule has 2 aromatic rings. The van der Waals surface area contributed by atoms with Gasteiger partial charge in [0.2, 0.25) is 0 Å². The van der Waals surface area contributed by atoms with Crippen molar-refractivity contribution in [3.63, 3.8) is 0 Å². The fraction of sp³-hybridized carbons (Fsp3) is 0.200. The zero-order valence-electron chi connectivity index (χ0n) is 13.3. The Morgan fingerprint density at radius 2 is 1.23 bits per heavy atom. The molecule has 140 valence electrons. The zero-order chi connectivity index (χ0) is 19.0. The van der Waals surface area contributed by atoms with Crippen molar-refractivity contribution in [1.29, 1.82) is 0 Å². The quantitative estimate of drug-likeness (QED) is 0.788. The summed E-state index contributed by atoms with van der Waals surface area (Å²) in [5, 5.41) is 0. The first-order chi connectivity index (χ1) is 12.2. The molecule has 0 bridgehead atoms. The van der Waals surface area contributed by atoms with Crippen LogP contribution in [0.3, 0.4) is 0 Å². The van der Waals surface area contributed by atoms with E-state index >= 15 is 0 Å². The van der Waals surface area contributed by atoms with Gasteiger partial charge in [0.1, 0.15) is 0 Å². The van der Waals surface area contributed by atoms with Crippen LogP contribution in [0.25, 0.3) is 0 Å². The third-order valence-corrected chi connectivity index (χ3v) is 8.52. The van der Waals surface area contributed by atoms with E-state index in [2.05, 4.69) is 0 Å². The molecule has 1 N–H and O–H groups in total. The molecule has 1 heterocycles. The van der Waals surface area contributed by atoms with E-state index in [9.17, 15) is 26.2 Å². The van der Waals surface area contributed by atoms with E-state index in [0.29, 0.717) is 11.4 Å². The van der Waals surface area contributed by atoms with E-state index in [1.165, 1.54) is 13.8 Å². The predicted molar refractivity (Wildman–Crippen MR) is 93.3 cm³/mol. The molecule has 1 aliphatic heterocycles. The molecular weight excluding hydrogens is 390 g/mol. The third-order valence-electron chi connectivity index (χ3n) is 3.83. The third kappa shape index (κ3) is 3.32. The van der Waals surface area contributed by atoms with E-state index in [1.54, 1.807) is 60.7 Å². The van der Waals surface area contributed by atoms with Crippen LogP contribution in [0.1, 0.15) is 0 Å². The van der Waals surface area contributed by atoms with Crippen LogP contribution in [0, 0.1) is 0 Å². The summed E-state index contributed by atoms with van der Waals surface area (Å²) >= 11 is 0. The summed E-state index contributed by atoms with van der Waals surface area (Å²) in [5.41, 5.74) is -4.85. The number of alkyl halides is 3. The summed E-state index contributed by atoms with van der Waals surface area (Å²) in [6.07, 6.45) is 0. The molecule has 0 atom stereocenters. The second-order valence-corrected chi connectivity index (χ2v) is 9.76. The van der Waals surface area contributed by atoms with Gasteiger partial charge >= 0.3 is 23.1 Å². The van der Waals surface area contributed by atoms with Gasteiger partial charge in [-0.3, -0.25) is 13.9 Å². The number of hydrogen-bond donors (Lipinski definition) is 1. The van der Waals surface area contributed by atoms with Crippen LogP contribution in [-0.2, 0) is 14.6 Å². The maximum absolute atomic E-state index is 13.6. The normalized spacial score (nSPS) is 17.5. The Hall–Kier alpha value is -2.03. The number of nitrogens with one attached hydrogen (secondary N) is 1. The Labute approximate surface area is 148 Å². The van der Waals surface area contributed by atoms with Gasteiger partial charge in [-0.15, -0.1) is 4.49 Å². The highest BCUT2D eigenvalue weighted by atomic mass is 32.2. The van der Waals surface area contributed by atoms with E-state index < -0.39 is 23.1 Å². The molecule has 3 rings (SSSR count). The number of halogens is 3. The van der Waals surface area contributed by atoms with E-state index in [0.717, 1.165) is 0 Å². The Bertz CT molecular complexity index is 872. The van der Waals surface area contributed by atoms with Crippen molar-refractivity contribution in [1.82, 2.24) is 4.49 Å². The molecule has 0 unspecified atom stereocenters. The number of rotatable bonds is 4. The standard InChI is InChI=1S/C15H15F3N3O3PS/c16-15(17,18)26(23,24)19-25(22)20(13-7-3-1-4-8-13)11-12-21(25)14-9-5-2-6-10-14/h1-10H,11-12H2,(H,19,22). The number of sulfonamides is 1. The topological polar surface area (TPSA) is 69.7 Å². The van der Waals surface area contributed by atoms with Crippen molar-refractivity contribution < 1.29 is 26.2 Å². The highest BCUT2D eigenvalue weighted by molar-refractivity contribution is 7.97. The van der Waals surface area contributed by atoms with Gasteiger partial charge < -0.3 is 0 Å². The van der Waals surface area contributed by atoms with Crippen molar-refractivity contribution in [2.24, 2.45) is 0 Å². The Morgan fingerprint density at radius 1 is 0.846 bits per heavy atom. The predicted octanol–water partition coefficient (Wildman–Crippen LogP) is 3.56. The van der Waals surface area contributed by atoms with Crippen LogP contribution in [0.2, 0.25) is 0 Å². The molecule has 0 saturated carbocycles. The summed E-state index contributed by atoms with van der Waals surface area (Å²) in [5.74, 6) is 0. The molecule has 0 amide bonds. The number of nitrogens with zero attached hydrogens (tertiary/aromatic N) is 2. The van der Waals surface area contributed by atoms with Gasteiger partial charge in [-0.2, -0.15) is 13.2 Å². The van der Waals surface area contributed by atoms with Crippen LogP contribution in [-0.4, -0.2) is 27.0 Å². The van der Waals surface area contributed by atoms with Crippen molar-refractivity contribution >= 4 is 29.0 Å². The van der Waals surface area contributed by atoms with E-state index in [4.69, 9.17) is 0 Å². The fourth-order valence-corrected chi connectivity index (χ4v) is 7.00. The van der Waals surface area contributed by atoms with Crippen LogP contribution in [0.15, 0.2) is 60.7 Å². The SMILES string of the molecule is O=P1(NS(=O)(=O)C(F)(F)F)N(c2ccccc2)CCN1c1ccccc1. The zero-order valence-corrected chi connectivity index (χ0v) is 15.0. The minimum atomic E-state index is -5.82. The monoisotopic (exact) mass is 405 g/mol. The summed E-state index contributed by atoms with van der Waals surface area (Å²) in [7, 11) is -10.2. The van der Waals surface area contributed by atoms with Gasteiger partial charge in [0, 0.05) is 24.5 Å². The van der Waals surface area contributed by atoms with E-state index in [1.807, 2.05) is 0 Å². The van der Waals surface area contributed by atoms with Crippen LogP contribution in [0.5, 0.6) is 0 Å². The number of para-hydroxylation sites is 2. The smallest absolute Gasteiger partial charge is 0.292 e. The van der Waals surface area contributed by atoms with Gasteiger partial charge in [0.15, 0.2) is 0 Å². The van der Waals surface area contributed by atoms with Crippen LogP contribution < -0.4 is 13.8 Å². The second-order valence-electron chi connectivity index (χ2n) is 5.50. The highest BCUT2D eigenvalue weighted by Crippen LogP contribution is 2.58. The maximum Gasteiger partial charge on any atom is 0.511 e. The molecule has 11 heteroatoms. The van der Waals surface area contributed by atoms with Gasteiger partial charge in [-0.05, 0) is 24.3 Å². The molecule has 1 saturated heterocycles. The lowest BCUT2D eigenvalue weighted by molar-refractivity contribution is -0.0441. The summed E-state index contributed by atoms with van der Waals surface area (Å²) < 4.78 is 79.5. The summed E-state index contributed by atoms with van der Waals surface area (Å²) in [6.45, 7) is 0.188. The molecule has 0 radical (unpaired) electrons. The number of hydrogen-bond acceptors (Lipinski definition) is 3. The Balaban J connectivity index is 2.09. The van der Waals surface area contributed by atoms with Crippen molar-refractivity contribution in [2.75, 3.05) is 22.4 Å². The first kappa shape index (κ1) is 18.8. The van der Waals surface area contributed by atoms with Crippen LogP contribution in [0.4, 0.5) is 24.5 Å². The van der Waals surface area contributed by atoms with Crippen molar-refractivity contribution in [3.05, 3.63) is 60.7 Å². The number of anilines is 2. The molecule has 6 nitrogen and oxygen atoms in total. The lowest BCUT2D eigenvalue weighted by atomic mass is 10.3. The largest absolute Gasteiger partial charge is 0.511 e. The summed E-state index contributed by atoms with van der Waals surface area (Å²) in [6, 6.07) is 16.1. The molecule has 1 aliphatic rings. The lowest BCUT2D eigenvalue weighted by Gasteiger charge is -2.32. The average Bonchev–Trinajstić information content (AvgIpc) is 2.91. The Morgan fingerprint density at radius 3 is 1.58 bits per heavy atom. The minimum Gasteiger partial charge on any atom is -0.292 e. The van der Waals surface area contributed by atoms with Gasteiger partial charge in [0.05, 0.1) is 0 Å². The number of benzene rings is 2. The molecular formula is C15H15F3N3O3PS. The van der Waals surface area contributed by atoms with Crippen LogP contribution >= 0.6 is 7.59 Å². The first-order valence-electron chi connectivity index (χ1n) is 7.52. The highest BCUT2D eigenvalue weighted by Gasteiger charge is 2.54. The molecule has 0 aromatic heterocycles. The molecule has 26 heavy (non-hydrogen) atoms. The Kier molecular flexibility index (Phi) is 4.76. The molecule has 1 fully saturated rings. The van der Waals surface area contributed by atoms with Gasteiger partial charge in [-0.25, -0.2) is 8.42 Å². The average molecular weight is 405 g/mol.